The molecule has 25 heavy (non-hydrogen) atoms. The van der Waals surface area contributed by atoms with E-state index in [1.807, 2.05) is 49.6 Å². The highest BCUT2D eigenvalue weighted by Crippen LogP contribution is 2.34. The number of nitrogens with one attached hydrogen (secondary N) is 1. The first kappa shape index (κ1) is 16.3. The van der Waals surface area contributed by atoms with Crippen LogP contribution in [0.25, 0.3) is 0 Å². The number of carbonyl (C=O) groups is 1. The Labute approximate surface area is 149 Å². The highest BCUT2D eigenvalue weighted by Gasteiger charge is 2.42. The molecular weight excluding hydrogens is 310 g/mol. The van der Waals surface area contributed by atoms with E-state index in [1.54, 1.807) is 0 Å². The Bertz CT molecular complexity index is 721. The molecule has 3 aliphatic rings. The summed E-state index contributed by atoms with van der Waals surface area (Å²) in [4.78, 5) is 19.6. The number of hydrogen-bond donors (Lipinski definition) is 1. The quantitative estimate of drug-likeness (QED) is 0.934. The van der Waals surface area contributed by atoms with Gasteiger partial charge in [-0.25, -0.2) is 0 Å². The molecule has 3 fully saturated rings. The molecule has 3 aliphatic heterocycles. The van der Waals surface area contributed by atoms with E-state index in [-0.39, 0.29) is 11.9 Å². The second-order valence-corrected chi connectivity index (χ2v) is 7.37. The van der Waals surface area contributed by atoms with E-state index in [9.17, 15) is 4.79 Å². The summed E-state index contributed by atoms with van der Waals surface area (Å²) in [6.45, 7) is 4.33. The zero-order chi connectivity index (χ0) is 17.2. The lowest BCUT2D eigenvalue weighted by Gasteiger charge is -2.51. The van der Waals surface area contributed by atoms with Crippen molar-refractivity contribution in [2.45, 2.75) is 38.3 Å². The molecular formula is C21H25N3O. The lowest BCUT2D eigenvalue weighted by molar-refractivity contribution is 0.0136. The topological polar surface area (TPSA) is 45.2 Å². The molecule has 2 atom stereocenters. The summed E-state index contributed by atoms with van der Waals surface area (Å²) >= 11 is 0. The molecule has 0 spiro atoms. The summed E-state index contributed by atoms with van der Waals surface area (Å²) in [5.74, 6) is 0.635. The number of aryl methyl sites for hydroxylation is 1. The third-order valence-electron chi connectivity index (χ3n) is 5.74. The highest BCUT2D eigenvalue weighted by atomic mass is 16.1. The first-order valence-electron chi connectivity index (χ1n) is 9.21. The fourth-order valence-electron chi connectivity index (χ4n) is 4.32. The molecule has 0 saturated carbocycles. The summed E-state index contributed by atoms with van der Waals surface area (Å²) in [6, 6.07) is 12.5. The van der Waals surface area contributed by atoms with Gasteiger partial charge in [-0.05, 0) is 69.0 Å². The summed E-state index contributed by atoms with van der Waals surface area (Å²) < 4.78 is 0. The van der Waals surface area contributed by atoms with Crippen LogP contribution in [-0.4, -0.2) is 41.0 Å². The van der Waals surface area contributed by atoms with Gasteiger partial charge in [-0.2, -0.15) is 0 Å². The Morgan fingerprint density at radius 2 is 1.96 bits per heavy atom. The second-order valence-electron chi connectivity index (χ2n) is 7.37. The van der Waals surface area contributed by atoms with Gasteiger partial charge in [-0.1, -0.05) is 23.8 Å². The smallest absolute Gasteiger partial charge is 0.251 e. The number of pyridine rings is 1. The van der Waals surface area contributed by atoms with Gasteiger partial charge in [-0.3, -0.25) is 14.7 Å². The number of rotatable bonds is 4. The molecule has 130 valence electrons. The van der Waals surface area contributed by atoms with E-state index in [4.69, 9.17) is 0 Å². The van der Waals surface area contributed by atoms with Gasteiger partial charge in [0.1, 0.15) is 0 Å². The van der Waals surface area contributed by atoms with Crippen LogP contribution in [0.15, 0.2) is 48.8 Å². The van der Waals surface area contributed by atoms with Gasteiger partial charge in [0, 0.05) is 30.0 Å². The molecule has 4 heterocycles. The van der Waals surface area contributed by atoms with Gasteiger partial charge in [0.2, 0.25) is 0 Å². The lowest BCUT2D eigenvalue weighted by Crippen LogP contribution is -2.64. The Balaban J connectivity index is 1.52. The third-order valence-corrected chi connectivity index (χ3v) is 5.74. The van der Waals surface area contributed by atoms with Crippen molar-refractivity contribution in [2.75, 3.05) is 13.1 Å². The van der Waals surface area contributed by atoms with Crippen LogP contribution < -0.4 is 5.32 Å². The van der Waals surface area contributed by atoms with Crippen LogP contribution in [0.4, 0.5) is 0 Å². The Morgan fingerprint density at radius 3 is 2.64 bits per heavy atom. The zero-order valence-electron chi connectivity index (χ0n) is 14.7. The SMILES string of the molecule is Cc1ccc(C(=O)NC2C3CCN(CC3)C2Cc2cccnc2)cc1. The molecule has 1 aromatic heterocycles. The predicted molar refractivity (Wildman–Crippen MR) is 98.5 cm³/mol. The molecule has 0 aliphatic carbocycles. The van der Waals surface area contributed by atoms with Crippen LogP contribution in [0.5, 0.6) is 0 Å². The molecule has 1 aromatic carbocycles. The maximum absolute atomic E-state index is 12.8. The minimum absolute atomic E-state index is 0.0509. The minimum atomic E-state index is 0.0509. The summed E-state index contributed by atoms with van der Waals surface area (Å²) in [7, 11) is 0. The van der Waals surface area contributed by atoms with Gasteiger partial charge >= 0.3 is 0 Å². The average Bonchev–Trinajstić information content (AvgIpc) is 2.66. The zero-order valence-corrected chi connectivity index (χ0v) is 14.7. The van der Waals surface area contributed by atoms with Crippen LogP contribution in [-0.2, 0) is 6.42 Å². The fraction of sp³-hybridized carbons (Fsp3) is 0.429. The molecule has 4 heteroatoms. The monoisotopic (exact) mass is 335 g/mol. The van der Waals surface area contributed by atoms with E-state index < -0.39 is 0 Å². The fourth-order valence-corrected chi connectivity index (χ4v) is 4.32. The predicted octanol–water partition coefficient (Wildman–Crippen LogP) is 2.83. The molecule has 2 bridgehead atoms. The van der Waals surface area contributed by atoms with E-state index in [0.717, 1.165) is 25.1 Å². The molecule has 3 saturated heterocycles. The molecule has 2 aromatic rings. The third kappa shape index (κ3) is 3.45. The maximum Gasteiger partial charge on any atom is 0.251 e. The Morgan fingerprint density at radius 1 is 1.20 bits per heavy atom. The molecule has 5 rings (SSSR count). The van der Waals surface area contributed by atoms with Crippen LogP contribution in [0.1, 0.15) is 34.3 Å². The highest BCUT2D eigenvalue weighted by molar-refractivity contribution is 5.94. The van der Waals surface area contributed by atoms with E-state index in [2.05, 4.69) is 21.3 Å². The van der Waals surface area contributed by atoms with Crippen molar-refractivity contribution in [2.24, 2.45) is 5.92 Å². The first-order valence-corrected chi connectivity index (χ1v) is 9.21. The van der Waals surface area contributed by atoms with Crippen molar-refractivity contribution in [3.05, 3.63) is 65.5 Å². The molecule has 1 amide bonds. The van der Waals surface area contributed by atoms with E-state index in [0.29, 0.717) is 12.0 Å². The first-order chi connectivity index (χ1) is 12.2. The number of benzene rings is 1. The molecule has 2 unspecified atom stereocenters. The van der Waals surface area contributed by atoms with Gasteiger partial charge in [0.05, 0.1) is 0 Å². The van der Waals surface area contributed by atoms with Gasteiger partial charge < -0.3 is 5.32 Å². The van der Waals surface area contributed by atoms with Crippen molar-refractivity contribution in [3.63, 3.8) is 0 Å². The molecule has 4 nitrogen and oxygen atoms in total. The van der Waals surface area contributed by atoms with E-state index >= 15 is 0 Å². The van der Waals surface area contributed by atoms with Gasteiger partial charge in [0.15, 0.2) is 0 Å². The second kappa shape index (κ2) is 6.96. The van der Waals surface area contributed by atoms with E-state index in [1.165, 1.54) is 24.0 Å². The number of fused-ring (bicyclic) bond motifs is 3. The molecule has 1 N–H and O–H groups in total. The number of piperidine rings is 3. The average molecular weight is 335 g/mol. The van der Waals surface area contributed by atoms with Crippen molar-refractivity contribution < 1.29 is 4.79 Å². The largest absolute Gasteiger partial charge is 0.347 e. The standard InChI is InChI=1S/C21H25N3O/c1-15-4-6-18(7-5-15)21(25)23-20-17-8-11-24(12-9-17)19(20)13-16-3-2-10-22-14-16/h2-7,10,14,17,19-20H,8-9,11-13H2,1H3,(H,23,25). The van der Waals surface area contributed by atoms with Crippen LogP contribution >= 0.6 is 0 Å². The summed E-state index contributed by atoms with van der Waals surface area (Å²) in [5.41, 5.74) is 3.17. The van der Waals surface area contributed by atoms with Gasteiger partial charge in [0.25, 0.3) is 5.91 Å². The van der Waals surface area contributed by atoms with Crippen molar-refractivity contribution in [1.29, 1.82) is 0 Å². The maximum atomic E-state index is 12.8. The number of amides is 1. The van der Waals surface area contributed by atoms with Crippen molar-refractivity contribution in [3.8, 4) is 0 Å². The number of hydrogen-bond acceptors (Lipinski definition) is 3. The minimum Gasteiger partial charge on any atom is -0.347 e. The van der Waals surface area contributed by atoms with Crippen molar-refractivity contribution >= 4 is 5.91 Å². The van der Waals surface area contributed by atoms with Crippen LogP contribution in [0.2, 0.25) is 0 Å². The lowest BCUT2D eigenvalue weighted by atomic mass is 9.76. The van der Waals surface area contributed by atoms with Gasteiger partial charge in [-0.15, -0.1) is 0 Å². The van der Waals surface area contributed by atoms with Crippen LogP contribution in [0, 0.1) is 12.8 Å². The Kier molecular flexibility index (Phi) is 4.53. The summed E-state index contributed by atoms with van der Waals surface area (Å²) in [6.07, 6.45) is 7.07. The molecule has 0 radical (unpaired) electrons. The van der Waals surface area contributed by atoms with Crippen molar-refractivity contribution in [1.82, 2.24) is 15.2 Å². The number of carbonyl (C=O) groups excluding carboxylic acids is 1. The normalized spacial score (nSPS) is 27.9. The Hall–Kier alpha value is -2.20. The number of nitrogens with zero attached hydrogens (tertiary/aromatic N) is 2. The summed E-state index contributed by atoms with van der Waals surface area (Å²) in [5, 5.41) is 3.36. The number of aromatic nitrogens is 1. The van der Waals surface area contributed by atoms with Crippen LogP contribution in [0.3, 0.4) is 0 Å².